The zero-order valence-electron chi connectivity index (χ0n) is 19.2. The predicted molar refractivity (Wildman–Crippen MR) is 129 cm³/mol. The van der Waals surface area contributed by atoms with E-state index >= 15 is 0 Å². The van der Waals surface area contributed by atoms with E-state index in [0.717, 1.165) is 55.6 Å². The third kappa shape index (κ3) is 5.23. The standard InChI is InChI=1S/C25H28Cl2F3N3O/c1-15-11-18(25(28,29)30)12-21-24(15)31-22(32(21)2)13-19-20(26)4-3-17(23(19)27)14-33-8-5-16(6-9-33)7-10-34/h3-4,11-12,16,34H,5-10,13-14H2,1-2H3. The average Bonchev–Trinajstić information content (AvgIpc) is 3.10. The highest BCUT2D eigenvalue weighted by Crippen LogP contribution is 2.35. The third-order valence-electron chi connectivity index (χ3n) is 6.84. The molecule has 0 aliphatic carbocycles. The molecule has 1 fully saturated rings. The number of imidazole rings is 1. The van der Waals surface area contributed by atoms with Crippen LogP contribution in [0.15, 0.2) is 24.3 Å². The number of benzene rings is 2. The summed E-state index contributed by atoms with van der Waals surface area (Å²) < 4.78 is 41.6. The zero-order valence-corrected chi connectivity index (χ0v) is 20.7. The van der Waals surface area contributed by atoms with E-state index in [1.165, 1.54) is 0 Å². The molecule has 1 aliphatic rings. The van der Waals surface area contributed by atoms with Crippen molar-refractivity contribution >= 4 is 34.2 Å². The molecule has 1 saturated heterocycles. The number of rotatable bonds is 6. The maximum atomic E-state index is 13.3. The van der Waals surface area contributed by atoms with Crippen molar-refractivity contribution in [3.8, 4) is 0 Å². The topological polar surface area (TPSA) is 41.3 Å². The minimum Gasteiger partial charge on any atom is -0.396 e. The maximum absolute atomic E-state index is 13.3. The minimum atomic E-state index is -4.42. The van der Waals surface area contributed by atoms with Gasteiger partial charge in [-0.3, -0.25) is 4.90 Å². The van der Waals surface area contributed by atoms with Crippen molar-refractivity contribution in [3.05, 3.63) is 62.4 Å². The van der Waals surface area contributed by atoms with Crippen molar-refractivity contribution in [2.75, 3.05) is 19.7 Å². The van der Waals surface area contributed by atoms with Gasteiger partial charge in [0.1, 0.15) is 5.82 Å². The molecule has 3 aromatic rings. The van der Waals surface area contributed by atoms with Crippen molar-refractivity contribution in [1.82, 2.24) is 14.5 Å². The second-order valence-electron chi connectivity index (χ2n) is 9.15. The fraction of sp³-hybridized carbons (Fsp3) is 0.480. The van der Waals surface area contributed by atoms with Gasteiger partial charge in [0.2, 0.25) is 0 Å². The lowest BCUT2D eigenvalue weighted by molar-refractivity contribution is -0.137. The van der Waals surface area contributed by atoms with Crippen molar-refractivity contribution < 1.29 is 18.3 Å². The van der Waals surface area contributed by atoms with E-state index < -0.39 is 11.7 Å². The van der Waals surface area contributed by atoms with Crippen LogP contribution in [0.5, 0.6) is 0 Å². The molecule has 4 rings (SSSR count). The van der Waals surface area contributed by atoms with E-state index in [9.17, 15) is 13.2 Å². The van der Waals surface area contributed by atoms with Crippen molar-refractivity contribution in [1.29, 1.82) is 0 Å². The van der Waals surface area contributed by atoms with Crippen molar-refractivity contribution in [2.24, 2.45) is 13.0 Å². The Labute approximate surface area is 207 Å². The fourth-order valence-corrected chi connectivity index (χ4v) is 5.34. The molecule has 0 saturated carbocycles. The smallest absolute Gasteiger partial charge is 0.396 e. The number of hydrogen-bond donors (Lipinski definition) is 1. The monoisotopic (exact) mass is 513 g/mol. The van der Waals surface area contributed by atoms with E-state index in [1.54, 1.807) is 18.5 Å². The van der Waals surface area contributed by atoms with Crippen LogP contribution in [0.1, 0.15) is 47.3 Å². The molecule has 1 aromatic heterocycles. The molecule has 0 radical (unpaired) electrons. The quantitative estimate of drug-likeness (QED) is 0.415. The zero-order chi connectivity index (χ0) is 24.6. The molecular weight excluding hydrogens is 486 g/mol. The van der Waals surface area contributed by atoms with E-state index in [1.807, 2.05) is 12.1 Å². The molecule has 0 bridgehead atoms. The summed E-state index contributed by atoms with van der Waals surface area (Å²) in [4.78, 5) is 6.98. The van der Waals surface area contributed by atoms with Gasteiger partial charge in [0.05, 0.1) is 21.6 Å². The van der Waals surface area contributed by atoms with Gasteiger partial charge in [-0.15, -0.1) is 0 Å². The summed E-state index contributed by atoms with van der Waals surface area (Å²) in [5.41, 5.74) is 2.45. The Morgan fingerprint density at radius 1 is 1.15 bits per heavy atom. The van der Waals surface area contributed by atoms with Gasteiger partial charge in [-0.05, 0) is 80.1 Å². The number of halogens is 5. The highest BCUT2D eigenvalue weighted by Gasteiger charge is 2.32. The first-order chi connectivity index (χ1) is 16.1. The molecule has 2 heterocycles. The minimum absolute atomic E-state index is 0.232. The number of aliphatic hydroxyl groups is 1. The number of nitrogens with zero attached hydrogens (tertiary/aromatic N) is 3. The normalized spacial score (nSPS) is 16.0. The first kappa shape index (κ1) is 25.3. The summed E-state index contributed by atoms with van der Waals surface area (Å²) >= 11 is 13.3. The second kappa shape index (κ2) is 10.1. The summed E-state index contributed by atoms with van der Waals surface area (Å²) in [5, 5.41) is 10.2. The number of piperidine rings is 1. The van der Waals surface area contributed by atoms with Crippen LogP contribution >= 0.6 is 23.2 Å². The van der Waals surface area contributed by atoms with Gasteiger partial charge in [0.25, 0.3) is 0 Å². The molecule has 0 unspecified atom stereocenters. The van der Waals surface area contributed by atoms with Crippen LogP contribution in [0, 0.1) is 12.8 Å². The molecular formula is C25H28Cl2F3N3O. The second-order valence-corrected chi connectivity index (χ2v) is 9.94. The maximum Gasteiger partial charge on any atom is 0.416 e. The summed E-state index contributed by atoms with van der Waals surface area (Å²) in [6, 6.07) is 6.03. The molecule has 9 heteroatoms. The number of aryl methyl sites for hydroxylation is 2. The molecule has 1 aliphatic heterocycles. The van der Waals surface area contributed by atoms with Crippen LogP contribution in [-0.4, -0.2) is 39.3 Å². The Kier molecular flexibility index (Phi) is 7.48. The van der Waals surface area contributed by atoms with E-state index in [4.69, 9.17) is 28.3 Å². The molecule has 0 spiro atoms. The SMILES string of the molecule is Cc1cc(C(F)(F)F)cc2c1nc(Cc1c(Cl)ccc(CN3CCC(CCO)CC3)c1Cl)n2C. The molecule has 34 heavy (non-hydrogen) atoms. The lowest BCUT2D eigenvalue weighted by atomic mass is 9.93. The van der Waals surface area contributed by atoms with E-state index in [0.29, 0.717) is 51.4 Å². The van der Waals surface area contributed by atoms with Crippen LogP contribution in [0.25, 0.3) is 11.0 Å². The van der Waals surface area contributed by atoms with Crippen LogP contribution in [0.2, 0.25) is 10.0 Å². The van der Waals surface area contributed by atoms with Gasteiger partial charge in [-0.25, -0.2) is 4.98 Å². The first-order valence-corrected chi connectivity index (χ1v) is 12.2. The van der Waals surface area contributed by atoms with Gasteiger partial charge in [0, 0.05) is 31.6 Å². The molecule has 0 amide bonds. The number of aromatic nitrogens is 2. The largest absolute Gasteiger partial charge is 0.416 e. The average molecular weight is 514 g/mol. The van der Waals surface area contributed by atoms with Gasteiger partial charge >= 0.3 is 6.18 Å². The Morgan fingerprint density at radius 3 is 2.50 bits per heavy atom. The Bertz CT molecular complexity index is 1180. The third-order valence-corrected chi connectivity index (χ3v) is 7.66. The van der Waals surface area contributed by atoms with Gasteiger partial charge < -0.3 is 9.67 Å². The molecule has 4 nitrogen and oxygen atoms in total. The summed E-state index contributed by atoms with van der Waals surface area (Å²) in [7, 11) is 1.71. The molecule has 1 N–H and O–H groups in total. The number of hydrogen-bond acceptors (Lipinski definition) is 3. The van der Waals surface area contributed by atoms with Crippen molar-refractivity contribution in [3.63, 3.8) is 0 Å². The Hall–Kier alpha value is -1.80. The summed E-state index contributed by atoms with van der Waals surface area (Å²) in [6.45, 7) is 4.47. The predicted octanol–water partition coefficient (Wildman–Crippen LogP) is 6.39. The lowest BCUT2D eigenvalue weighted by Gasteiger charge is -2.32. The number of fused-ring (bicyclic) bond motifs is 1. The Balaban J connectivity index is 1.60. The van der Waals surface area contributed by atoms with E-state index in [-0.39, 0.29) is 6.61 Å². The Morgan fingerprint density at radius 2 is 1.85 bits per heavy atom. The summed E-state index contributed by atoms with van der Waals surface area (Å²) in [5.74, 6) is 1.17. The number of aliphatic hydroxyl groups excluding tert-OH is 1. The number of likely N-dealkylation sites (tertiary alicyclic amines) is 1. The van der Waals surface area contributed by atoms with Gasteiger partial charge in [0.15, 0.2) is 0 Å². The van der Waals surface area contributed by atoms with Crippen molar-refractivity contribution in [2.45, 2.75) is 45.3 Å². The first-order valence-electron chi connectivity index (χ1n) is 11.4. The van der Waals surface area contributed by atoms with Crippen LogP contribution in [0.3, 0.4) is 0 Å². The van der Waals surface area contributed by atoms with Gasteiger partial charge in [-0.2, -0.15) is 13.2 Å². The summed E-state index contributed by atoms with van der Waals surface area (Å²) in [6.07, 6.45) is -1.15. The number of alkyl halides is 3. The van der Waals surface area contributed by atoms with Crippen LogP contribution in [0.4, 0.5) is 13.2 Å². The highest BCUT2D eigenvalue weighted by molar-refractivity contribution is 6.36. The fourth-order valence-electron chi connectivity index (χ4n) is 4.77. The van der Waals surface area contributed by atoms with Gasteiger partial charge in [-0.1, -0.05) is 29.3 Å². The van der Waals surface area contributed by atoms with Crippen LogP contribution in [-0.2, 0) is 26.2 Å². The van der Waals surface area contributed by atoms with Crippen LogP contribution < -0.4 is 0 Å². The molecule has 184 valence electrons. The molecule has 0 atom stereocenters. The lowest BCUT2D eigenvalue weighted by Crippen LogP contribution is -2.33. The molecule has 2 aromatic carbocycles. The highest BCUT2D eigenvalue weighted by atomic mass is 35.5. The van der Waals surface area contributed by atoms with E-state index in [2.05, 4.69) is 9.88 Å².